The maximum atomic E-state index is 12.4. The third kappa shape index (κ3) is 2.27. The van der Waals surface area contributed by atoms with Gasteiger partial charge in [0.25, 0.3) is 5.91 Å². The van der Waals surface area contributed by atoms with Crippen molar-refractivity contribution >= 4 is 11.9 Å². The van der Waals surface area contributed by atoms with Crippen LogP contribution in [-0.2, 0) is 6.18 Å². The molecule has 0 atom stereocenters. The van der Waals surface area contributed by atoms with E-state index in [0.717, 1.165) is 18.7 Å². The lowest BCUT2D eigenvalue weighted by Crippen LogP contribution is -2.17. The number of halogens is 3. The van der Waals surface area contributed by atoms with Gasteiger partial charge < -0.3 is 8.83 Å². The molecule has 0 radical (unpaired) electrons. The number of aromatic nitrogens is 2. The van der Waals surface area contributed by atoms with E-state index < -0.39 is 23.4 Å². The second kappa shape index (κ2) is 3.92. The van der Waals surface area contributed by atoms with Crippen LogP contribution in [0, 0.1) is 0 Å². The van der Waals surface area contributed by atoms with E-state index in [1.807, 2.05) is 5.32 Å². The zero-order chi connectivity index (χ0) is 12.5. The van der Waals surface area contributed by atoms with Gasteiger partial charge in [0.05, 0.1) is 11.8 Å². The lowest BCUT2D eigenvalue weighted by Gasteiger charge is -2.04. The Morgan fingerprint density at radius 3 is 2.71 bits per heavy atom. The summed E-state index contributed by atoms with van der Waals surface area (Å²) in [6.07, 6.45) is -3.05. The Hall–Kier alpha value is -2.32. The van der Waals surface area contributed by atoms with Gasteiger partial charge in [0.2, 0.25) is 12.2 Å². The number of hydrogen-bond donors (Lipinski definition) is 1. The fourth-order valence-corrected chi connectivity index (χ4v) is 1.10. The van der Waals surface area contributed by atoms with Gasteiger partial charge >= 0.3 is 12.2 Å². The minimum atomic E-state index is -4.75. The summed E-state index contributed by atoms with van der Waals surface area (Å²) in [6.45, 7) is 0. The van der Waals surface area contributed by atoms with Gasteiger partial charge in [-0.15, -0.1) is 5.10 Å². The average molecular weight is 247 g/mol. The van der Waals surface area contributed by atoms with Gasteiger partial charge in [-0.1, -0.05) is 5.10 Å². The molecule has 0 aliphatic carbocycles. The minimum absolute atomic E-state index is 0.302. The van der Waals surface area contributed by atoms with Crippen LogP contribution in [0.5, 0.6) is 0 Å². The summed E-state index contributed by atoms with van der Waals surface area (Å²) in [5.74, 6) is -2.43. The van der Waals surface area contributed by atoms with Crippen molar-refractivity contribution in [1.29, 1.82) is 0 Å². The molecule has 2 aromatic heterocycles. The number of furan rings is 1. The molecule has 0 fully saturated rings. The van der Waals surface area contributed by atoms with Gasteiger partial charge in [-0.25, -0.2) is 0 Å². The van der Waals surface area contributed by atoms with E-state index in [9.17, 15) is 18.0 Å². The standard InChI is InChI=1S/C8H4F3N3O3/c9-8(10,11)5-4(1-2-16-5)6(15)13-7-14-12-3-17-7/h1-3H,(H,13,14,15). The molecule has 0 saturated heterocycles. The molecule has 2 heterocycles. The Labute approximate surface area is 91.4 Å². The second-order valence-electron chi connectivity index (χ2n) is 2.86. The molecule has 90 valence electrons. The summed E-state index contributed by atoms with van der Waals surface area (Å²) in [5.41, 5.74) is -0.657. The lowest BCUT2D eigenvalue weighted by molar-refractivity contribution is -0.153. The van der Waals surface area contributed by atoms with Gasteiger partial charge in [-0.05, 0) is 6.07 Å². The molecule has 0 spiro atoms. The number of carbonyl (C=O) groups excluding carboxylic acids is 1. The topological polar surface area (TPSA) is 81.2 Å². The predicted molar refractivity (Wildman–Crippen MR) is 46.0 cm³/mol. The van der Waals surface area contributed by atoms with Crippen LogP contribution < -0.4 is 5.32 Å². The third-order valence-electron chi connectivity index (χ3n) is 1.75. The highest BCUT2D eigenvalue weighted by Gasteiger charge is 2.39. The first-order valence-corrected chi connectivity index (χ1v) is 4.20. The quantitative estimate of drug-likeness (QED) is 0.876. The predicted octanol–water partition coefficient (Wildman–Crippen LogP) is 1.93. The Kier molecular flexibility index (Phi) is 2.58. The average Bonchev–Trinajstić information content (AvgIpc) is 2.85. The van der Waals surface area contributed by atoms with Crippen LogP contribution in [0.3, 0.4) is 0 Å². The summed E-state index contributed by atoms with van der Waals surface area (Å²) >= 11 is 0. The van der Waals surface area contributed by atoms with E-state index in [4.69, 9.17) is 0 Å². The zero-order valence-electron chi connectivity index (χ0n) is 7.99. The molecule has 0 saturated carbocycles. The smallest absolute Gasteiger partial charge is 0.450 e. The van der Waals surface area contributed by atoms with Crippen molar-refractivity contribution < 1.29 is 26.8 Å². The van der Waals surface area contributed by atoms with Crippen molar-refractivity contribution in [2.24, 2.45) is 0 Å². The summed E-state index contributed by atoms with van der Waals surface area (Å²) in [5, 5.41) is 8.55. The molecular formula is C8H4F3N3O3. The highest BCUT2D eigenvalue weighted by atomic mass is 19.4. The van der Waals surface area contributed by atoms with Gasteiger partial charge in [0.15, 0.2) is 0 Å². The number of nitrogens with zero attached hydrogens (tertiary/aromatic N) is 2. The van der Waals surface area contributed by atoms with E-state index >= 15 is 0 Å². The first-order chi connectivity index (χ1) is 7.98. The molecule has 6 nitrogen and oxygen atoms in total. The van der Waals surface area contributed by atoms with Gasteiger partial charge in [0, 0.05) is 0 Å². The molecule has 2 rings (SSSR count). The third-order valence-corrected chi connectivity index (χ3v) is 1.75. The monoisotopic (exact) mass is 247 g/mol. The van der Waals surface area contributed by atoms with E-state index in [1.54, 1.807) is 0 Å². The van der Waals surface area contributed by atoms with Crippen molar-refractivity contribution in [2.75, 3.05) is 5.32 Å². The summed E-state index contributed by atoms with van der Waals surface area (Å²) in [4.78, 5) is 11.4. The van der Waals surface area contributed by atoms with Crippen molar-refractivity contribution in [1.82, 2.24) is 10.2 Å². The highest BCUT2D eigenvalue weighted by Crippen LogP contribution is 2.32. The number of amides is 1. The molecule has 9 heteroatoms. The molecule has 0 aromatic carbocycles. The zero-order valence-corrected chi connectivity index (χ0v) is 7.99. The van der Waals surface area contributed by atoms with Crippen molar-refractivity contribution in [2.45, 2.75) is 6.18 Å². The van der Waals surface area contributed by atoms with Crippen LogP contribution in [0.25, 0.3) is 0 Å². The van der Waals surface area contributed by atoms with Crippen molar-refractivity contribution in [3.8, 4) is 0 Å². The van der Waals surface area contributed by atoms with Gasteiger partial charge in [0.1, 0.15) is 0 Å². The maximum absolute atomic E-state index is 12.4. The van der Waals surface area contributed by atoms with Crippen LogP contribution in [-0.4, -0.2) is 16.1 Å². The minimum Gasteiger partial charge on any atom is -0.459 e. The van der Waals surface area contributed by atoms with Gasteiger partial charge in [-0.2, -0.15) is 13.2 Å². The Morgan fingerprint density at radius 2 is 2.12 bits per heavy atom. The molecule has 1 N–H and O–H groups in total. The largest absolute Gasteiger partial charge is 0.459 e. The van der Waals surface area contributed by atoms with Crippen LogP contribution >= 0.6 is 0 Å². The molecule has 0 bridgehead atoms. The first kappa shape index (κ1) is 11.2. The summed E-state index contributed by atoms with van der Waals surface area (Å²) < 4.78 is 46.0. The molecule has 0 unspecified atom stereocenters. The molecular weight excluding hydrogens is 243 g/mol. The lowest BCUT2D eigenvalue weighted by atomic mass is 10.2. The fraction of sp³-hybridized carbons (Fsp3) is 0.125. The van der Waals surface area contributed by atoms with Crippen LogP contribution in [0.1, 0.15) is 16.1 Å². The SMILES string of the molecule is O=C(Nc1nnco1)c1ccoc1C(F)(F)F. The number of hydrogen-bond acceptors (Lipinski definition) is 5. The van der Waals surface area contributed by atoms with Gasteiger partial charge in [-0.3, -0.25) is 10.1 Å². The van der Waals surface area contributed by atoms with E-state index in [1.165, 1.54) is 0 Å². The van der Waals surface area contributed by atoms with E-state index in [0.29, 0.717) is 0 Å². The Balaban J connectivity index is 2.23. The summed E-state index contributed by atoms with van der Waals surface area (Å²) in [7, 11) is 0. The molecule has 2 aromatic rings. The van der Waals surface area contributed by atoms with Crippen molar-refractivity contribution in [3.05, 3.63) is 30.0 Å². The molecule has 0 aliphatic heterocycles. The van der Waals surface area contributed by atoms with Crippen LogP contribution in [0.15, 0.2) is 27.6 Å². The fourth-order valence-electron chi connectivity index (χ4n) is 1.10. The number of alkyl halides is 3. The Morgan fingerprint density at radius 1 is 1.35 bits per heavy atom. The Bertz CT molecular complexity index is 518. The van der Waals surface area contributed by atoms with Crippen LogP contribution in [0.2, 0.25) is 0 Å². The first-order valence-electron chi connectivity index (χ1n) is 4.20. The maximum Gasteiger partial charge on any atom is 0.450 e. The molecule has 0 aliphatic rings. The van der Waals surface area contributed by atoms with Crippen LogP contribution in [0.4, 0.5) is 19.2 Å². The van der Waals surface area contributed by atoms with E-state index in [-0.39, 0.29) is 6.01 Å². The molecule has 1 amide bonds. The number of anilines is 1. The summed E-state index contributed by atoms with van der Waals surface area (Å²) in [6, 6.07) is 0.596. The van der Waals surface area contributed by atoms with E-state index in [2.05, 4.69) is 19.0 Å². The number of rotatable bonds is 2. The second-order valence-corrected chi connectivity index (χ2v) is 2.86. The molecule has 17 heavy (non-hydrogen) atoms. The number of carbonyl (C=O) groups is 1. The number of nitrogens with one attached hydrogen (secondary N) is 1. The highest BCUT2D eigenvalue weighted by molar-refractivity contribution is 6.03. The van der Waals surface area contributed by atoms with Crippen molar-refractivity contribution in [3.63, 3.8) is 0 Å². The normalized spacial score (nSPS) is 11.5.